The molecular formula is C25H25N5O3S. The fourth-order valence-corrected chi connectivity index (χ4v) is 4.19. The Morgan fingerprint density at radius 2 is 1.82 bits per heavy atom. The van der Waals surface area contributed by atoms with Crippen LogP contribution in [0, 0.1) is 0 Å². The van der Waals surface area contributed by atoms with E-state index in [-0.39, 0.29) is 18.3 Å². The number of carbonyl (C=O) groups excluding carboxylic acids is 2. The summed E-state index contributed by atoms with van der Waals surface area (Å²) in [6.07, 6.45) is 0.685. The Labute approximate surface area is 201 Å². The molecule has 34 heavy (non-hydrogen) atoms. The van der Waals surface area contributed by atoms with Gasteiger partial charge in [0.15, 0.2) is 5.82 Å². The highest BCUT2D eigenvalue weighted by molar-refractivity contribution is 7.13. The van der Waals surface area contributed by atoms with Crippen LogP contribution >= 0.6 is 11.3 Å². The van der Waals surface area contributed by atoms with Crippen molar-refractivity contribution in [2.75, 3.05) is 25.5 Å². The topological polar surface area (TPSA) is 89.4 Å². The number of para-hydroxylation sites is 3. The van der Waals surface area contributed by atoms with Crippen molar-refractivity contribution in [3.63, 3.8) is 0 Å². The number of methoxy groups -OCH3 is 1. The third-order valence-electron chi connectivity index (χ3n) is 5.04. The number of carbonyl (C=O) groups is 2. The molecule has 0 saturated carbocycles. The summed E-state index contributed by atoms with van der Waals surface area (Å²) < 4.78 is 6.96. The van der Waals surface area contributed by atoms with E-state index in [1.54, 1.807) is 22.9 Å². The molecule has 0 aliphatic rings. The number of hydrogen-bond donors (Lipinski definition) is 1. The largest absolute Gasteiger partial charge is 0.495 e. The van der Waals surface area contributed by atoms with E-state index >= 15 is 0 Å². The van der Waals surface area contributed by atoms with Crippen LogP contribution < -0.4 is 10.1 Å². The number of aromatic nitrogens is 3. The van der Waals surface area contributed by atoms with Crippen molar-refractivity contribution in [1.82, 2.24) is 19.7 Å². The zero-order valence-electron chi connectivity index (χ0n) is 19.0. The summed E-state index contributed by atoms with van der Waals surface area (Å²) >= 11 is 1.52. The van der Waals surface area contributed by atoms with E-state index in [0.717, 1.165) is 10.6 Å². The second-order valence-corrected chi connectivity index (χ2v) is 8.41. The van der Waals surface area contributed by atoms with E-state index in [2.05, 4.69) is 15.4 Å². The number of amides is 2. The molecule has 0 radical (unpaired) electrons. The van der Waals surface area contributed by atoms with Crippen LogP contribution in [-0.4, -0.2) is 51.7 Å². The summed E-state index contributed by atoms with van der Waals surface area (Å²) in [6.45, 7) is 2.22. The smallest absolute Gasteiger partial charge is 0.294 e. The number of rotatable bonds is 9. The van der Waals surface area contributed by atoms with Gasteiger partial charge in [-0.3, -0.25) is 9.59 Å². The molecule has 2 aromatic heterocycles. The van der Waals surface area contributed by atoms with Crippen LogP contribution in [0.1, 0.15) is 24.0 Å². The fraction of sp³-hybridized carbons (Fsp3) is 0.200. The lowest BCUT2D eigenvalue weighted by molar-refractivity contribution is -0.116. The Hall–Kier alpha value is -3.98. The van der Waals surface area contributed by atoms with Gasteiger partial charge in [-0.15, -0.1) is 16.4 Å². The molecule has 0 atom stereocenters. The van der Waals surface area contributed by atoms with Gasteiger partial charge >= 0.3 is 0 Å². The first-order chi connectivity index (χ1) is 16.6. The summed E-state index contributed by atoms with van der Waals surface area (Å²) in [5, 5.41) is 9.30. The molecule has 0 saturated heterocycles. The highest BCUT2D eigenvalue weighted by atomic mass is 32.1. The summed E-state index contributed by atoms with van der Waals surface area (Å²) in [6, 6.07) is 20.5. The fourth-order valence-electron chi connectivity index (χ4n) is 3.49. The molecule has 8 nitrogen and oxygen atoms in total. The number of anilines is 1. The van der Waals surface area contributed by atoms with Gasteiger partial charge in [0.1, 0.15) is 12.3 Å². The molecule has 2 heterocycles. The molecule has 2 amide bonds. The maximum absolute atomic E-state index is 13.4. The molecule has 4 aromatic rings. The first kappa shape index (κ1) is 23.2. The van der Waals surface area contributed by atoms with Gasteiger partial charge in [-0.1, -0.05) is 43.3 Å². The van der Waals surface area contributed by atoms with E-state index in [0.29, 0.717) is 30.2 Å². The number of nitrogens with one attached hydrogen (secondary N) is 1. The minimum atomic E-state index is -0.399. The van der Waals surface area contributed by atoms with Crippen molar-refractivity contribution >= 4 is 28.8 Å². The van der Waals surface area contributed by atoms with Crippen molar-refractivity contribution in [1.29, 1.82) is 0 Å². The van der Waals surface area contributed by atoms with Gasteiger partial charge in [0.2, 0.25) is 11.7 Å². The van der Waals surface area contributed by atoms with Crippen LogP contribution in [0.5, 0.6) is 5.75 Å². The zero-order chi connectivity index (χ0) is 23.9. The van der Waals surface area contributed by atoms with Crippen LogP contribution in [0.2, 0.25) is 0 Å². The molecule has 0 unspecified atom stereocenters. The minimum Gasteiger partial charge on any atom is -0.495 e. The molecule has 9 heteroatoms. The van der Waals surface area contributed by atoms with Crippen molar-refractivity contribution in [3.8, 4) is 22.1 Å². The number of ether oxygens (including phenoxy) is 1. The van der Waals surface area contributed by atoms with Crippen LogP contribution in [0.25, 0.3) is 16.4 Å². The molecule has 0 aliphatic carbocycles. The molecule has 0 bridgehead atoms. The lowest BCUT2D eigenvalue weighted by Crippen LogP contribution is -2.39. The average Bonchev–Trinajstić information content (AvgIpc) is 3.54. The van der Waals surface area contributed by atoms with E-state index in [1.807, 2.05) is 60.8 Å². The van der Waals surface area contributed by atoms with Crippen LogP contribution in [0.15, 0.2) is 72.1 Å². The summed E-state index contributed by atoms with van der Waals surface area (Å²) in [7, 11) is 1.54. The Balaban J connectivity index is 1.60. The molecule has 1 N–H and O–H groups in total. The second kappa shape index (κ2) is 10.8. The second-order valence-electron chi connectivity index (χ2n) is 7.46. The van der Waals surface area contributed by atoms with E-state index in [1.165, 1.54) is 23.3 Å². The first-order valence-electron chi connectivity index (χ1n) is 10.9. The lowest BCUT2D eigenvalue weighted by atomic mass is 10.3. The standard InChI is InChI=1S/C25H25N5O3S/c1-3-15-29(17-22(31)26-19-12-7-8-13-20(19)33-2)25(32)23-27-24(21-14-9-16-34-21)30(28-23)18-10-5-4-6-11-18/h4-14,16H,3,15,17H2,1-2H3,(H,26,31). The van der Waals surface area contributed by atoms with Gasteiger partial charge in [0.25, 0.3) is 5.91 Å². The van der Waals surface area contributed by atoms with Crippen molar-refractivity contribution in [2.45, 2.75) is 13.3 Å². The van der Waals surface area contributed by atoms with Crippen LogP contribution in [0.3, 0.4) is 0 Å². The molecule has 0 spiro atoms. The molecular weight excluding hydrogens is 450 g/mol. The Morgan fingerprint density at radius 3 is 2.53 bits per heavy atom. The SMILES string of the molecule is CCCN(CC(=O)Nc1ccccc1OC)C(=O)c1nc(-c2cccs2)n(-c2ccccc2)n1. The first-order valence-corrected chi connectivity index (χ1v) is 11.8. The predicted molar refractivity (Wildman–Crippen MR) is 132 cm³/mol. The molecule has 0 aliphatic heterocycles. The van der Waals surface area contributed by atoms with E-state index < -0.39 is 5.91 Å². The summed E-state index contributed by atoms with van der Waals surface area (Å²) in [4.78, 5) is 33.1. The molecule has 2 aromatic carbocycles. The predicted octanol–water partition coefficient (Wildman–Crippen LogP) is 4.50. The zero-order valence-corrected chi connectivity index (χ0v) is 19.8. The number of nitrogens with zero attached hydrogens (tertiary/aromatic N) is 4. The number of benzene rings is 2. The average molecular weight is 476 g/mol. The van der Waals surface area contributed by atoms with Crippen molar-refractivity contribution < 1.29 is 14.3 Å². The van der Waals surface area contributed by atoms with E-state index in [4.69, 9.17) is 4.74 Å². The maximum Gasteiger partial charge on any atom is 0.294 e. The third-order valence-corrected chi connectivity index (χ3v) is 5.90. The van der Waals surface area contributed by atoms with Gasteiger partial charge < -0.3 is 15.0 Å². The third kappa shape index (κ3) is 5.15. The van der Waals surface area contributed by atoms with Crippen molar-refractivity contribution in [2.24, 2.45) is 0 Å². The van der Waals surface area contributed by atoms with Crippen LogP contribution in [-0.2, 0) is 4.79 Å². The Kier molecular flexibility index (Phi) is 7.34. The van der Waals surface area contributed by atoms with Gasteiger partial charge in [0.05, 0.1) is 23.4 Å². The van der Waals surface area contributed by atoms with Gasteiger partial charge in [-0.2, -0.15) is 0 Å². The molecule has 4 rings (SSSR count). The Bertz CT molecular complexity index is 1250. The van der Waals surface area contributed by atoms with Gasteiger partial charge in [-0.25, -0.2) is 9.67 Å². The lowest BCUT2D eigenvalue weighted by Gasteiger charge is -2.20. The van der Waals surface area contributed by atoms with Crippen LogP contribution in [0.4, 0.5) is 5.69 Å². The molecule has 0 fully saturated rings. The quantitative estimate of drug-likeness (QED) is 0.385. The summed E-state index contributed by atoms with van der Waals surface area (Å²) in [5.74, 6) is 0.454. The number of hydrogen-bond acceptors (Lipinski definition) is 6. The van der Waals surface area contributed by atoms with Crippen molar-refractivity contribution in [3.05, 3.63) is 77.9 Å². The van der Waals surface area contributed by atoms with Gasteiger partial charge in [-0.05, 0) is 42.1 Å². The highest BCUT2D eigenvalue weighted by Gasteiger charge is 2.25. The summed E-state index contributed by atoms with van der Waals surface area (Å²) in [5.41, 5.74) is 1.35. The maximum atomic E-state index is 13.4. The highest BCUT2D eigenvalue weighted by Crippen LogP contribution is 2.26. The minimum absolute atomic E-state index is 0.0470. The number of thiophene rings is 1. The molecule has 174 valence electrons. The van der Waals surface area contributed by atoms with E-state index in [9.17, 15) is 9.59 Å². The normalized spacial score (nSPS) is 10.6. The van der Waals surface area contributed by atoms with Gasteiger partial charge in [0, 0.05) is 6.54 Å². The monoisotopic (exact) mass is 475 g/mol. The Morgan fingerprint density at radius 1 is 1.06 bits per heavy atom.